The van der Waals surface area contributed by atoms with E-state index in [2.05, 4.69) is 0 Å². The van der Waals surface area contributed by atoms with Crippen molar-refractivity contribution < 1.29 is 32.7 Å². The van der Waals surface area contributed by atoms with Crippen molar-refractivity contribution in [3.05, 3.63) is 0 Å². The fraction of sp³-hybridized carbons (Fsp3) is 0.786. The van der Waals surface area contributed by atoms with E-state index in [1.165, 1.54) is 6.92 Å². The van der Waals surface area contributed by atoms with Crippen molar-refractivity contribution in [2.45, 2.75) is 38.4 Å². The molecule has 136 valence electrons. The second-order valence-corrected chi connectivity index (χ2v) is 6.44. The highest BCUT2D eigenvalue weighted by atomic mass is 19.4. The number of halogens is 3. The minimum absolute atomic E-state index is 0.0516. The molecule has 1 unspecified atom stereocenters. The van der Waals surface area contributed by atoms with Crippen LogP contribution in [0.4, 0.5) is 18.0 Å². The highest BCUT2D eigenvalue weighted by Gasteiger charge is 2.55. The highest BCUT2D eigenvalue weighted by molar-refractivity contribution is 5.96. The number of alkyl halides is 3. The molecule has 10 heteroatoms. The van der Waals surface area contributed by atoms with Gasteiger partial charge in [0.15, 0.2) is 0 Å². The van der Waals surface area contributed by atoms with Gasteiger partial charge in [-0.3, -0.25) is 19.8 Å². The normalized spacial score (nSPS) is 28.2. The molecule has 3 N–H and O–H groups in total. The fourth-order valence-corrected chi connectivity index (χ4v) is 3.58. The lowest BCUT2D eigenvalue weighted by molar-refractivity contribution is -0.149. The zero-order valence-electron chi connectivity index (χ0n) is 13.2. The molecule has 1 saturated carbocycles. The first-order chi connectivity index (χ1) is 11.0. The number of imide groups is 1. The van der Waals surface area contributed by atoms with Crippen LogP contribution in [0.3, 0.4) is 0 Å². The van der Waals surface area contributed by atoms with Gasteiger partial charge in [-0.2, -0.15) is 13.2 Å². The first-order valence-electron chi connectivity index (χ1n) is 7.68. The molecule has 1 aliphatic heterocycles. The van der Waals surface area contributed by atoms with Gasteiger partial charge in [0.2, 0.25) is 5.91 Å². The third kappa shape index (κ3) is 3.80. The van der Waals surface area contributed by atoms with E-state index in [0.29, 0.717) is 13.0 Å². The largest absolute Gasteiger partial charge is 0.481 e. The second-order valence-electron chi connectivity index (χ2n) is 6.44. The van der Waals surface area contributed by atoms with Gasteiger partial charge in [-0.15, -0.1) is 0 Å². The summed E-state index contributed by atoms with van der Waals surface area (Å²) in [5, 5.41) is 12.9. The number of hydrogen-bond donors (Lipinski definition) is 3. The molecule has 2 fully saturated rings. The SMILES string of the molecule is CC(C(=O)NC(=O)NCC(F)(F)F)N1C[C@@H]2CCC[C@@]2(C(=O)O)C1. The van der Waals surface area contributed by atoms with Crippen molar-refractivity contribution in [1.29, 1.82) is 0 Å². The molecule has 1 heterocycles. The maximum absolute atomic E-state index is 12.0. The number of fused-ring (bicyclic) bond motifs is 1. The van der Waals surface area contributed by atoms with Crippen molar-refractivity contribution in [2.24, 2.45) is 11.3 Å². The summed E-state index contributed by atoms with van der Waals surface area (Å²) >= 11 is 0. The summed E-state index contributed by atoms with van der Waals surface area (Å²) < 4.78 is 36.0. The first kappa shape index (κ1) is 18.5. The van der Waals surface area contributed by atoms with E-state index in [4.69, 9.17) is 0 Å². The summed E-state index contributed by atoms with van der Waals surface area (Å²) in [6.07, 6.45) is -2.43. The van der Waals surface area contributed by atoms with Gasteiger partial charge < -0.3 is 10.4 Å². The minimum atomic E-state index is -4.56. The molecular formula is C14H20F3N3O4. The van der Waals surface area contributed by atoms with Crippen LogP contribution in [0.25, 0.3) is 0 Å². The van der Waals surface area contributed by atoms with E-state index >= 15 is 0 Å². The average Bonchev–Trinajstić information content (AvgIpc) is 3.01. The van der Waals surface area contributed by atoms with Gasteiger partial charge in [0.1, 0.15) is 6.54 Å². The van der Waals surface area contributed by atoms with Gasteiger partial charge in [-0.05, 0) is 25.7 Å². The molecular weight excluding hydrogens is 331 g/mol. The molecule has 0 bridgehead atoms. The number of carbonyl (C=O) groups is 3. The second kappa shape index (κ2) is 6.58. The Hall–Kier alpha value is -1.84. The molecule has 2 aliphatic rings. The predicted molar refractivity (Wildman–Crippen MR) is 76.0 cm³/mol. The molecule has 0 spiro atoms. The van der Waals surface area contributed by atoms with Gasteiger partial charge in [-0.1, -0.05) is 6.42 Å². The fourth-order valence-electron chi connectivity index (χ4n) is 3.58. The van der Waals surface area contributed by atoms with Gasteiger partial charge >= 0.3 is 18.2 Å². The number of carboxylic acids is 1. The van der Waals surface area contributed by atoms with Crippen molar-refractivity contribution in [2.75, 3.05) is 19.6 Å². The quantitative estimate of drug-likeness (QED) is 0.700. The number of aliphatic carboxylic acids is 1. The summed E-state index contributed by atoms with van der Waals surface area (Å²) in [6, 6.07) is -2.03. The van der Waals surface area contributed by atoms with E-state index < -0.39 is 42.1 Å². The first-order valence-corrected chi connectivity index (χ1v) is 7.68. The van der Waals surface area contributed by atoms with E-state index in [1.807, 2.05) is 5.32 Å². The lowest BCUT2D eigenvalue weighted by Gasteiger charge is -2.26. The lowest BCUT2D eigenvalue weighted by Crippen LogP contribution is -2.51. The minimum Gasteiger partial charge on any atom is -0.481 e. The standard InChI is InChI=1S/C14H20F3N3O4/c1-8(10(21)19-12(24)18-6-14(15,16)17)20-5-9-3-2-4-13(9,7-20)11(22)23/h8-9H,2-7H2,1H3,(H,22,23)(H2,18,19,21,24)/t8?,9-,13+/m0/s1. The maximum Gasteiger partial charge on any atom is 0.405 e. The Balaban J connectivity index is 1.90. The van der Waals surface area contributed by atoms with Gasteiger partial charge in [-0.25, -0.2) is 4.79 Å². The molecule has 24 heavy (non-hydrogen) atoms. The van der Waals surface area contributed by atoms with Gasteiger partial charge in [0.25, 0.3) is 0 Å². The molecule has 3 amide bonds. The van der Waals surface area contributed by atoms with Crippen molar-refractivity contribution in [3.63, 3.8) is 0 Å². The number of likely N-dealkylation sites (tertiary alicyclic amines) is 1. The Labute approximate surface area is 136 Å². The summed E-state index contributed by atoms with van der Waals surface area (Å²) in [5.74, 6) is -1.69. The number of nitrogens with one attached hydrogen (secondary N) is 2. The van der Waals surface area contributed by atoms with Crippen molar-refractivity contribution in [3.8, 4) is 0 Å². The Kier molecular flexibility index (Phi) is 5.07. The summed E-state index contributed by atoms with van der Waals surface area (Å²) in [5.41, 5.74) is -0.868. The van der Waals surface area contributed by atoms with E-state index in [-0.39, 0.29) is 12.5 Å². The number of amides is 3. The van der Waals surface area contributed by atoms with E-state index in [0.717, 1.165) is 12.8 Å². The number of hydrogen-bond acceptors (Lipinski definition) is 4. The lowest BCUT2D eigenvalue weighted by atomic mass is 9.81. The topological polar surface area (TPSA) is 98.7 Å². The number of urea groups is 1. The van der Waals surface area contributed by atoms with Gasteiger partial charge in [0.05, 0.1) is 11.5 Å². The summed E-state index contributed by atoms with van der Waals surface area (Å²) in [7, 11) is 0. The van der Waals surface area contributed by atoms with Crippen molar-refractivity contribution >= 4 is 17.9 Å². The smallest absolute Gasteiger partial charge is 0.405 e. The van der Waals surface area contributed by atoms with Crippen LogP contribution in [0, 0.1) is 11.3 Å². The third-order valence-electron chi connectivity index (χ3n) is 4.94. The third-order valence-corrected chi connectivity index (χ3v) is 4.94. The molecule has 0 radical (unpaired) electrons. The Morgan fingerprint density at radius 3 is 2.58 bits per heavy atom. The Bertz CT molecular complexity index is 540. The van der Waals surface area contributed by atoms with E-state index in [1.54, 1.807) is 10.2 Å². The Morgan fingerprint density at radius 1 is 1.38 bits per heavy atom. The van der Waals surface area contributed by atoms with Crippen LogP contribution >= 0.6 is 0 Å². The number of rotatable bonds is 4. The van der Waals surface area contributed by atoms with Crippen LogP contribution in [0.15, 0.2) is 0 Å². The van der Waals surface area contributed by atoms with Crippen LogP contribution in [0.2, 0.25) is 0 Å². The predicted octanol–water partition coefficient (Wildman–Crippen LogP) is 0.950. The molecule has 0 aromatic carbocycles. The zero-order valence-corrected chi connectivity index (χ0v) is 13.2. The van der Waals surface area contributed by atoms with E-state index in [9.17, 15) is 32.7 Å². The molecule has 1 saturated heterocycles. The molecule has 0 aromatic rings. The average molecular weight is 351 g/mol. The van der Waals surface area contributed by atoms with Gasteiger partial charge in [0, 0.05) is 13.1 Å². The maximum atomic E-state index is 12.0. The van der Waals surface area contributed by atoms with Crippen LogP contribution in [-0.4, -0.2) is 59.8 Å². The van der Waals surface area contributed by atoms with Crippen LogP contribution in [-0.2, 0) is 9.59 Å². The summed E-state index contributed by atoms with van der Waals surface area (Å²) in [4.78, 5) is 36.6. The molecule has 7 nitrogen and oxygen atoms in total. The van der Waals surface area contributed by atoms with Crippen LogP contribution in [0.5, 0.6) is 0 Å². The number of carboxylic acid groups (broad SMARTS) is 1. The Morgan fingerprint density at radius 2 is 2.04 bits per heavy atom. The monoisotopic (exact) mass is 351 g/mol. The highest BCUT2D eigenvalue weighted by Crippen LogP contribution is 2.49. The van der Waals surface area contributed by atoms with Crippen molar-refractivity contribution in [1.82, 2.24) is 15.5 Å². The van der Waals surface area contributed by atoms with Crippen LogP contribution in [0.1, 0.15) is 26.2 Å². The molecule has 0 aromatic heterocycles. The molecule has 2 rings (SSSR count). The summed E-state index contributed by atoms with van der Waals surface area (Å²) in [6.45, 7) is 0.591. The number of carbonyl (C=O) groups excluding carboxylic acids is 2. The molecule has 3 atom stereocenters. The zero-order chi connectivity index (χ0) is 18.1. The van der Waals surface area contributed by atoms with Crippen LogP contribution < -0.4 is 10.6 Å². The molecule has 1 aliphatic carbocycles. The number of nitrogens with zero attached hydrogens (tertiary/aromatic N) is 1.